The quantitative estimate of drug-likeness (QED) is 0.506. The summed E-state index contributed by atoms with van der Waals surface area (Å²) in [6, 6.07) is 11.1. The number of likely N-dealkylation sites (tertiary alicyclic amines) is 1. The Morgan fingerprint density at radius 3 is 2.39 bits per heavy atom. The monoisotopic (exact) mass is 462 g/mol. The first kappa shape index (κ1) is 21.9. The highest BCUT2D eigenvalue weighted by Crippen LogP contribution is 2.32. The van der Waals surface area contributed by atoms with E-state index in [1.165, 1.54) is 28.1 Å². The van der Waals surface area contributed by atoms with Crippen molar-refractivity contribution in [2.45, 2.75) is 37.2 Å². The maximum atomic E-state index is 14.3. The van der Waals surface area contributed by atoms with Gasteiger partial charge in [0.25, 0.3) is 10.0 Å². The number of aryl methyl sites for hydroxylation is 1. The van der Waals surface area contributed by atoms with Gasteiger partial charge in [-0.2, -0.15) is 11.3 Å². The van der Waals surface area contributed by atoms with E-state index in [0.717, 1.165) is 31.8 Å². The first-order chi connectivity index (χ1) is 14.8. The van der Waals surface area contributed by atoms with Crippen molar-refractivity contribution >= 4 is 27.0 Å². The van der Waals surface area contributed by atoms with Gasteiger partial charge >= 0.3 is 0 Å². The van der Waals surface area contributed by atoms with E-state index in [0.29, 0.717) is 24.1 Å². The normalized spacial score (nSPS) is 15.8. The molecular formula is C23H24F2N2O2S2. The van der Waals surface area contributed by atoms with Crippen molar-refractivity contribution in [1.29, 1.82) is 0 Å². The average molecular weight is 463 g/mol. The summed E-state index contributed by atoms with van der Waals surface area (Å²) in [7, 11) is -3.98. The molecule has 0 spiro atoms. The lowest BCUT2D eigenvalue weighted by Crippen LogP contribution is -2.47. The Hall–Kier alpha value is -2.29. The number of sulfonamides is 1. The molecule has 164 valence electrons. The van der Waals surface area contributed by atoms with E-state index in [1.807, 2.05) is 5.38 Å². The second kappa shape index (κ2) is 9.06. The molecule has 0 radical (unpaired) electrons. The van der Waals surface area contributed by atoms with Gasteiger partial charge in [0, 0.05) is 25.7 Å². The zero-order valence-electron chi connectivity index (χ0n) is 17.2. The fraction of sp³-hybridized carbons (Fsp3) is 0.304. The molecule has 31 heavy (non-hydrogen) atoms. The van der Waals surface area contributed by atoms with Crippen LogP contribution in [0.1, 0.15) is 24.0 Å². The zero-order valence-corrected chi connectivity index (χ0v) is 18.8. The van der Waals surface area contributed by atoms with E-state index in [9.17, 15) is 17.2 Å². The van der Waals surface area contributed by atoms with Crippen LogP contribution in [0.15, 0.2) is 64.2 Å². The summed E-state index contributed by atoms with van der Waals surface area (Å²) in [5.74, 6) is -0.958. The summed E-state index contributed by atoms with van der Waals surface area (Å²) in [5, 5.41) is 4.16. The number of hydrogen-bond acceptors (Lipinski definition) is 4. The fourth-order valence-electron chi connectivity index (χ4n) is 3.94. The molecule has 8 heteroatoms. The minimum absolute atomic E-state index is 0.00409. The summed E-state index contributed by atoms with van der Waals surface area (Å²) >= 11 is 1.66. The van der Waals surface area contributed by atoms with Gasteiger partial charge in [-0.25, -0.2) is 17.2 Å². The van der Waals surface area contributed by atoms with E-state index in [1.54, 1.807) is 30.4 Å². The number of halogens is 2. The molecule has 0 amide bonds. The van der Waals surface area contributed by atoms with E-state index >= 15 is 0 Å². The molecule has 0 aliphatic carbocycles. The van der Waals surface area contributed by atoms with Crippen molar-refractivity contribution in [3.8, 4) is 0 Å². The summed E-state index contributed by atoms with van der Waals surface area (Å²) < 4.78 is 56.1. The molecule has 0 atom stereocenters. The maximum Gasteiger partial charge on any atom is 0.264 e. The van der Waals surface area contributed by atoms with E-state index in [2.05, 4.69) is 16.3 Å². The Kier molecular flexibility index (Phi) is 6.41. The van der Waals surface area contributed by atoms with Crippen molar-refractivity contribution in [3.63, 3.8) is 0 Å². The topological polar surface area (TPSA) is 40.6 Å². The molecule has 4 rings (SSSR count). The van der Waals surface area contributed by atoms with Crippen LogP contribution in [0.3, 0.4) is 0 Å². The van der Waals surface area contributed by atoms with Gasteiger partial charge in [0.05, 0.1) is 10.6 Å². The number of anilines is 1. The van der Waals surface area contributed by atoms with Crippen molar-refractivity contribution in [3.05, 3.63) is 82.1 Å². The summed E-state index contributed by atoms with van der Waals surface area (Å²) in [6.45, 7) is 3.95. The predicted molar refractivity (Wildman–Crippen MR) is 120 cm³/mol. The first-order valence-corrected chi connectivity index (χ1v) is 12.5. The Labute approximate surface area is 185 Å². The molecule has 1 fully saturated rings. The maximum absolute atomic E-state index is 14.3. The number of nitrogens with zero attached hydrogens (tertiary/aromatic N) is 2. The lowest BCUT2D eigenvalue weighted by atomic mass is 10.0. The SMILES string of the molecule is Cc1ccc(N(C2CCN(Cc3ccsc3)CC2)S(=O)(=O)c2ccc(F)cc2)cc1F. The number of thiophene rings is 1. The van der Waals surface area contributed by atoms with Gasteiger partial charge in [-0.05, 0) is 84.1 Å². The van der Waals surface area contributed by atoms with Gasteiger partial charge in [-0.3, -0.25) is 9.21 Å². The van der Waals surface area contributed by atoms with Crippen LogP contribution in [-0.4, -0.2) is 32.4 Å². The average Bonchev–Trinajstić information content (AvgIpc) is 3.25. The summed E-state index contributed by atoms with van der Waals surface area (Å²) in [5.41, 5.74) is 2.00. The molecule has 1 saturated heterocycles. The largest absolute Gasteiger partial charge is 0.299 e. The molecule has 1 aliphatic heterocycles. The van der Waals surface area contributed by atoms with Crippen LogP contribution < -0.4 is 4.31 Å². The summed E-state index contributed by atoms with van der Waals surface area (Å²) in [4.78, 5) is 2.30. The highest BCUT2D eigenvalue weighted by atomic mass is 32.2. The Bertz CT molecular complexity index is 1120. The van der Waals surface area contributed by atoms with E-state index < -0.39 is 21.7 Å². The minimum atomic E-state index is -3.98. The van der Waals surface area contributed by atoms with Crippen LogP contribution in [0.2, 0.25) is 0 Å². The Morgan fingerprint density at radius 1 is 1.06 bits per heavy atom. The van der Waals surface area contributed by atoms with Crippen LogP contribution in [-0.2, 0) is 16.6 Å². The second-order valence-corrected chi connectivity index (χ2v) is 10.4. The first-order valence-electron chi connectivity index (χ1n) is 10.1. The van der Waals surface area contributed by atoms with Crippen LogP contribution in [0.5, 0.6) is 0 Å². The van der Waals surface area contributed by atoms with Gasteiger partial charge in [0.2, 0.25) is 0 Å². The van der Waals surface area contributed by atoms with E-state index in [-0.39, 0.29) is 10.9 Å². The van der Waals surface area contributed by atoms with Crippen molar-refractivity contribution in [2.75, 3.05) is 17.4 Å². The molecule has 2 heterocycles. The third-order valence-corrected chi connectivity index (χ3v) is 8.28. The van der Waals surface area contributed by atoms with Crippen molar-refractivity contribution in [1.82, 2.24) is 4.90 Å². The minimum Gasteiger partial charge on any atom is -0.299 e. The third-order valence-electron chi connectivity index (χ3n) is 5.66. The number of rotatable bonds is 6. The highest BCUT2D eigenvalue weighted by molar-refractivity contribution is 7.92. The molecular weight excluding hydrogens is 438 g/mol. The molecule has 3 aromatic rings. The number of piperidine rings is 1. The lowest BCUT2D eigenvalue weighted by Gasteiger charge is -2.39. The molecule has 0 unspecified atom stereocenters. The van der Waals surface area contributed by atoms with Gasteiger partial charge < -0.3 is 0 Å². The van der Waals surface area contributed by atoms with Gasteiger partial charge in [-0.1, -0.05) is 6.07 Å². The van der Waals surface area contributed by atoms with Crippen molar-refractivity contribution < 1.29 is 17.2 Å². The number of hydrogen-bond donors (Lipinski definition) is 0. The lowest BCUT2D eigenvalue weighted by molar-refractivity contribution is 0.207. The Balaban J connectivity index is 1.63. The molecule has 0 bridgehead atoms. The smallest absolute Gasteiger partial charge is 0.264 e. The molecule has 0 N–H and O–H groups in total. The number of benzene rings is 2. The van der Waals surface area contributed by atoms with Crippen LogP contribution in [0, 0.1) is 18.6 Å². The standard InChI is InChI=1S/C23H24F2N2O2S2/c1-17-2-5-21(14-23(17)25)27(31(28,29)22-6-3-19(24)4-7-22)20-8-11-26(12-9-20)15-18-10-13-30-16-18/h2-7,10,13-14,16,20H,8-9,11-12,15H2,1H3. The van der Waals surface area contributed by atoms with Gasteiger partial charge in [0.15, 0.2) is 0 Å². The predicted octanol–water partition coefficient (Wildman–Crippen LogP) is 5.19. The molecule has 4 nitrogen and oxygen atoms in total. The van der Waals surface area contributed by atoms with Gasteiger partial charge in [0.1, 0.15) is 11.6 Å². The third kappa shape index (κ3) is 4.81. The van der Waals surface area contributed by atoms with Gasteiger partial charge in [-0.15, -0.1) is 0 Å². The second-order valence-electron chi connectivity index (χ2n) is 7.83. The van der Waals surface area contributed by atoms with Crippen LogP contribution in [0.4, 0.5) is 14.5 Å². The molecule has 2 aromatic carbocycles. The van der Waals surface area contributed by atoms with E-state index in [4.69, 9.17) is 0 Å². The summed E-state index contributed by atoms with van der Waals surface area (Å²) in [6.07, 6.45) is 1.25. The van der Waals surface area contributed by atoms with Crippen LogP contribution in [0.25, 0.3) is 0 Å². The highest BCUT2D eigenvalue weighted by Gasteiger charge is 2.34. The molecule has 1 aromatic heterocycles. The van der Waals surface area contributed by atoms with Crippen LogP contribution >= 0.6 is 11.3 Å². The fourth-order valence-corrected chi connectivity index (χ4v) is 6.30. The zero-order chi connectivity index (χ0) is 22.0. The molecule has 1 aliphatic rings. The van der Waals surface area contributed by atoms with Crippen molar-refractivity contribution in [2.24, 2.45) is 0 Å². The molecule has 0 saturated carbocycles. The Morgan fingerprint density at radius 2 is 1.77 bits per heavy atom.